The van der Waals surface area contributed by atoms with Crippen molar-refractivity contribution in [3.8, 4) is 11.4 Å². The van der Waals surface area contributed by atoms with Crippen LogP contribution >= 0.6 is 0 Å². The van der Waals surface area contributed by atoms with E-state index in [1.807, 2.05) is 18.2 Å². The second-order valence-corrected chi connectivity index (χ2v) is 6.80. The number of aromatic carboxylic acids is 1. The van der Waals surface area contributed by atoms with Gasteiger partial charge in [-0.25, -0.2) is 4.79 Å². The number of nitrogens with zero attached hydrogens (tertiary/aromatic N) is 4. The van der Waals surface area contributed by atoms with Crippen LogP contribution in [0.2, 0.25) is 0 Å². The highest BCUT2D eigenvalue weighted by molar-refractivity contribution is 5.97. The molecule has 0 aliphatic carbocycles. The molecule has 1 saturated heterocycles. The Morgan fingerprint density at radius 3 is 2.66 bits per heavy atom. The Morgan fingerprint density at radius 1 is 1.07 bits per heavy atom. The van der Waals surface area contributed by atoms with E-state index in [0.29, 0.717) is 30.1 Å². The van der Waals surface area contributed by atoms with Crippen LogP contribution in [0.5, 0.6) is 5.75 Å². The number of amides is 1. The van der Waals surface area contributed by atoms with Crippen LogP contribution in [0.1, 0.15) is 33.6 Å². The van der Waals surface area contributed by atoms with Crippen molar-refractivity contribution in [2.24, 2.45) is 0 Å². The molecular formula is C21H20N4O4. The Bertz CT molecular complexity index is 1020. The standard InChI is InChI=1S/C21H20N4O4/c26-20(18-8-1-2-9-19(18)25-22-10-11-23-25)24-12-4-7-17(14-24)29-16-6-3-5-15(13-16)21(27)28/h1-3,5-6,8-11,13,17H,4,7,12,14H2,(H,27,28). The molecular weight excluding hydrogens is 372 g/mol. The summed E-state index contributed by atoms with van der Waals surface area (Å²) in [7, 11) is 0. The van der Waals surface area contributed by atoms with Crippen molar-refractivity contribution >= 4 is 11.9 Å². The Labute approximate surface area is 167 Å². The lowest BCUT2D eigenvalue weighted by Crippen LogP contribution is -2.44. The first-order chi connectivity index (χ1) is 14.1. The molecule has 8 nitrogen and oxygen atoms in total. The van der Waals surface area contributed by atoms with Crippen LogP contribution in [0, 0.1) is 0 Å². The van der Waals surface area contributed by atoms with Gasteiger partial charge in [0.2, 0.25) is 0 Å². The fourth-order valence-electron chi connectivity index (χ4n) is 3.45. The molecule has 0 saturated carbocycles. The van der Waals surface area contributed by atoms with Crippen molar-refractivity contribution in [2.75, 3.05) is 13.1 Å². The van der Waals surface area contributed by atoms with Crippen molar-refractivity contribution in [1.29, 1.82) is 0 Å². The minimum Gasteiger partial charge on any atom is -0.489 e. The van der Waals surface area contributed by atoms with Crippen LogP contribution in [-0.2, 0) is 0 Å². The third-order valence-corrected chi connectivity index (χ3v) is 4.82. The largest absolute Gasteiger partial charge is 0.489 e. The topological polar surface area (TPSA) is 97.6 Å². The molecule has 1 fully saturated rings. The highest BCUT2D eigenvalue weighted by Gasteiger charge is 2.27. The average molecular weight is 392 g/mol. The molecule has 1 aromatic heterocycles. The Morgan fingerprint density at radius 2 is 1.86 bits per heavy atom. The summed E-state index contributed by atoms with van der Waals surface area (Å²) in [4.78, 5) is 27.5. The van der Waals surface area contributed by atoms with Gasteiger partial charge in [0.05, 0.1) is 35.8 Å². The third kappa shape index (κ3) is 4.11. The Kier molecular flexibility index (Phi) is 5.24. The van der Waals surface area contributed by atoms with Gasteiger partial charge in [0.1, 0.15) is 11.9 Å². The highest BCUT2D eigenvalue weighted by atomic mass is 16.5. The number of benzene rings is 2. The molecule has 1 atom stereocenters. The smallest absolute Gasteiger partial charge is 0.335 e. The number of aromatic nitrogens is 3. The monoisotopic (exact) mass is 392 g/mol. The minimum absolute atomic E-state index is 0.106. The van der Waals surface area contributed by atoms with Crippen molar-refractivity contribution in [3.63, 3.8) is 0 Å². The van der Waals surface area contributed by atoms with Crippen LogP contribution in [0.25, 0.3) is 5.69 Å². The van der Waals surface area contributed by atoms with Gasteiger partial charge in [-0.1, -0.05) is 18.2 Å². The van der Waals surface area contributed by atoms with Crippen LogP contribution < -0.4 is 4.74 Å². The predicted molar refractivity (Wildman–Crippen MR) is 104 cm³/mol. The molecule has 2 aromatic carbocycles. The van der Waals surface area contributed by atoms with Gasteiger partial charge < -0.3 is 14.7 Å². The molecule has 0 bridgehead atoms. The lowest BCUT2D eigenvalue weighted by atomic mass is 10.1. The zero-order chi connectivity index (χ0) is 20.2. The number of hydrogen-bond donors (Lipinski definition) is 1. The Hall–Kier alpha value is -3.68. The maximum Gasteiger partial charge on any atom is 0.335 e. The van der Waals surface area contributed by atoms with Gasteiger partial charge in [0, 0.05) is 6.54 Å². The molecule has 1 aliphatic rings. The van der Waals surface area contributed by atoms with Crippen molar-refractivity contribution in [2.45, 2.75) is 18.9 Å². The van der Waals surface area contributed by atoms with Gasteiger partial charge in [0.25, 0.3) is 5.91 Å². The molecule has 29 heavy (non-hydrogen) atoms. The number of carbonyl (C=O) groups is 2. The summed E-state index contributed by atoms with van der Waals surface area (Å²) in [5.74, 6) is -0.615. The normalized spacial score (nSPS) is 16.4. The summed E-state index contributed by atoms with van der Waals surface area (Å²) in [5.41, 5.74) is 1.32. The fraction of sp³-hybridized carbons (Fsp3) is 0.238. The van der Waals surface area contributed by atoms with Gasteiger partial charge in [-0.15, -0.1) is 0 Å². The molecule has 1 aliphatic heterocycles. The molecule has 2 heterocycles. The molecule has 3 aromatic rings. The predicted octanol–water partition coefficient (Wildman–Crippen LogP) is 2.65. The minimum atomic E-state index is -1.00. The third-order valence-electron chi connectivity index (χ3n) is 4.82. The van der Waals surface area contributed by atoms with E-state index in [-0.39, 0.29) is 17.6 Å². The van der Waals surface area contributed by atoms with Gasteiger partial charge in [0.15, 0.2) is 0 Å². The lowest BCUT2D eigenvalue weighted by molar-refractivity contribution is 0.0537. The number of likely N-dealkylation sites (tertiary alicyclic amines) is 1. The first kappa shape index (κ1) is 18.7. The summed E-state index contributed by atoms with van der Waals surface area (Å²) in [6.45, 7) is 1.06. The number of para-hydroxylation sites is 1. The van der Waals surface area contributed by atoms with Crippen LogP contribution in [0.3, 0.4) is 0 Å². The van der Waals surface area contributed by atoms with Crippen molar-refractivity contribution in [3.05, 3.63) is 72.1 Å². The summed E-state index contributed by atoms with van der Waals surface area (Å²) in [6.07, 6.45) is 4.53. The maximum atomic E-state index is 13.2. The second-order valence-electron chi connectivity index (χ2n) is 6.80. The van der Waals surface area contributed by atoms with E-state index < -0.39 is 5.97 Å². The molecule has 148 valence electrons. The van der Waals surface area contributed by atoms with Crippen molar-refractivity contribution < 1.29 is 19.4 Å². The van der Waals surface area contributed by atoms with E-state index in [2.05, 4.69) is 10.2 Å². The first-order valence-electron chi connectivity index (χ1n) is 9.37. The van der Waals surface area contributed by atoms with E-state index in [0.717, 1.165) is 12.8 Å². The van der Waals surface area contributed by atoms with E-state index in [1.54, 1.807) is 35.5 Å². The summed E-state index contributed by atoms with van der Waals surface area (Å²) >= 11 is 0. The molecule has 4 rings (SSSR count). The van der Waals surface area contributed by atoms with E-state index in [9.17, 15) is 9.59 Å². The van der Waals surface area contributed by atoms with Gasteiger partial charge in [-0.2, -0.15) is 15.0 Å². The first-order valence-corrected chi connectivity index (χ1v) is 9.37. The van der Waals surface area contributed by atoms with Crippen LogP contribution in [0.4, 0.5) is 0 Å². The number of carboxylic acids is 1. The van der Waals surface area contributed by atoms with Crippen LogP contribution in [-0.4, -0.2) is 56.1 Å². The fourth-order valence-corrected chi connectivity index (χ4v) is 3.45. The number of hydrogen-bond acceptors (Lipinski definition) is 5. The van der Waals surface area contributed by atoms with E-state index in [1.165, 1.54) is 16.9 Å². The summed E-state index contributed by atoms with van der Waals surface area (Å²) in [6, 6.07) is 13.6. The van der Waals surface area contributed by atoms with Gasteiger partial charge >= 0.3 is 5.97 Å². The highest BCUT2D eigenvalue weighted by Crippen LogP contribution is 2.22. The quantitative estimate of drug-likeness (QED) is 0.717. The number of piperidine rings is 1. The molecule has 1 N–H and O–H groups in total. The zero-order valence-electron chi connectivity index (χ0n) is 15.6. The second kappa shape index (κ2) is 8.14. The average Bonchev–Trinajstić information content (AvgIpc) is 3.28. The molecule has 1 unspecified atom stereocenters. The number of carbonyl (C=O) groups excluding carboxylic acids is 1. The zero-order valence-corrected chi connectivity index (χ0v) is 15.6. The number of ether oxygens (including phenoxy) is 1. The van der Waals surface area contributed by atoms with Gasteiger partial charge in [-0.3, -0.25) is 4.79 Å². The maximum absolute atomic E-state index is 13.2. The van der Waals surface area contributed by atoms with Gasteiger partial charge in [-0.05, 0) is 43.2 Å². The Balaban J connectivity index is 1.50. The summed E-state index contributed by atoms with van der Waals surface area (Å²) < 4.78 is 5.98. The van der Waals surface area contributed by atoms with Crippen molar-refractivity contribution in [1.82, 2.24) is 19.9 Å². The number of carboxylic acid groups (broad SMARTS) is 1. The molecule has 1 amide bonds. The van der Waals surface area contributed by atoms with E-state index in [4.69, 9.17) is 9.84 Å². The van der Waals surface area contributed by atoms with E-state index >= 15 is 0 Å². The number of rotatable bonds is 5. The molecule has 8 heteroatoms. The lowest BCUT2D eigenvalue weighted by Gasteiger charge is -2.33. The molecule has 0 radical (unpaired) electrons. The SMILES string of the molecule is O=C(O)c1cccc(OC2CCCN(C(=O)c3ccccc3-n3nccn3)C2)c1. The molecule has 0 spiro atoms. The van der Waals surface area contributed by atoms with Crippen LogP contribution in [0.15, 0.2) is 60.9 Å². The summed E-state index contributed by atoms with van der Waals surface area (Å²) in [5, 5.41) is 17.4.